The first-order chi connectivity index (χ1) is 11.3. The summed E-state index contributed by atoms with van der Waals surface area (Å²) in [6, 6.07) is 12.6. The minimum atomic E-state index is -3.42. The van der Waals surface area contributed by atoms with Crippen LogP contribution in [0, 0.1) is 11.7 Å². The summed E-state index contributed by atoms with van der Waals surface area (Å²) in [5.74, 6) is -0.569. The molecule has 6 heteroatoms. The van der Waals surface area contributed by atoms with Crippen molar-refractivity contribution in [1.82, 2.24) is 0 Å². The Kier molecular flexibility index (Phi) is 4.17. The number of nitrogens with zero attached hydrogens (tertiary/aromatic N) is 1. The fourth-order valence-electron chi connectivity index (χ4n) is 2.96. The third kappa shape index (κ3) is 3.19. The predicted octanol–water partition coefficient (Wildman–Crippen LogP) is 3.00. The number of para-hydroxylation sites is 1. The average molecular weight is 347 g/mol. The van der Waals surface area contributed by atoms with Gasteiger partial charge in [0.1, 0.15) is 5.82 Å². The molecule has 0 aliphatic heterocycles. The Hall–Kier alpha value is -2.21. The van der Waals surface area contributed by atoms with Crippen molar-refractivity contribution in [2.75, 3.05) is 18.2 Å². The Labute approximate surface area is 140 Å². The predicted molar refractivity (Wildman–Crippen MR) is 90.2 cm³/mol. The summed E-state index contributed by atoms with van der Waals surface area (Å²) in [5.41, 5.74) is 1.31. The van der Waals surface area contributed by atoms with E-state index in [1.165, 1.54) is 23.1 Å². The zero-order chi connectivity index (χ0) is 17.5. The maximum absolute atomic E-state index is 13.0. The second kappa shape index (κ2) is 6.02. The van der Waals surface area contributed by atoms with Crippen LogP contribution < -0.4 is 4.90 Å². The van der Waals surface area contributed by atoms with Gasteiger partial charge in [0.05, 0.1) is 10.6 Å². The van der Waals surface area contributed by atoms with Gasteiger partial charge >= 0.3 is 0 Å². The Bertz CT molecular complexity index is 877. The molecule has 2 atom stereocenters. The van der Waals surface area contributed by atoms with Crippen molar-refractivity contribution in [2.45, 2.75) is 17.2 Å². The van der Waals surface area contributed by atoms with Gasteiger partial charge in [-0.2, -0.15) is 0 Å². The molecule has 1 aliphatic rings. The van der Waals surface area contributed by atoms with Gasteiger partial charge in [-0.15, -0.1) is 0 Å². The SMILES string of the molecule is CN(C(=O)[C@@H]1C[C@@H]1c1ccc(F)cc1)c1ccccc1S(C)(=O)=O. The van der Waals surface area contributed by atoms with Gasteiger partial charge in [0.25, 0.3) is 0 Å². The lowest BCUT2D eigenvalue weighted by atomic mass is 10.1. The van der Waals surface area contributed by atoms with Gasteiger partial charge in [0, 0.05) is 19.2 Å². The molecule has 0 aromatic heterocycles. The van der Waals surface area contributed by atoms with Gasteiger partial charge in [-0.05, 0) is 42.2 Å². The molecule has 2 aromatic rings. The van der Waals surface area contributed by atoms with Crippen molar-refractivity contribution in [3.05, 3.63) is 59.9 Å². The van der Waals surface area contributed by atoms with E-state index in [0.29, 0.717) is 12.1 Å². The number of hydrogen-bond donors (Lipinski definition) is 0. The van der Waals surface area contributed by atoms with Crippen LogP contribution in [0.1, 0.15) is 17.9 Å². The molecule has 1 amide bonds. The summed E-state index contributed by atoms with van der Waals surface area (Å²) in [6.45, 7) is 0. The van der Waals surface area contributed by atoms with Crippen LogP contribution in [0.15, 0.2) is 53.4 Å². The third-order valence-corrected chi connectivity index (χ3v) is 5.51. The largest absolute Gasteiger partial charge is 0.314 e. The molecule has 0 radical (unpaired) electrons. The summed E-state index contributed by atoms with van der Waals surface area (Å²) in [5, 5.41) is 0. The Morgan fingerprint density at radius 3 is 2.38 bits per heavy atom. The second-order valence-electron chi connectivity index (χ2n) is 6.14. The first-order valence-corrected chi connectivity index (χ1v) is 9.50. The summed E-state index contributed by atoms with van der Waals surface area (Å²) < 4.78 is 36.8. The normalized spacial score (nSPS) is 19.8. The molecule has 0 N–H and O–H groups in total. The van der Waals surface area contributed by atoms with Gasteiger partial charge in [-0.25, -0.2) is 12.8 Å². The number of rotatable bonds is 4. The summed E-state index contributed by atoms with van der Waals surface area (Å²) in [7, 11) is -1.83. The van der Waals surface area contributed by atoms with Crippen LogP contribution in [0.3, 0.4) is 0 Å². The summed E-state index contributed by atoms with van der Waals surface area (Å²) >= 11 is 0. The van der Waals surface area contributed by atoms with Gasteiger partial charge in [-0.3, -0.25) is 4.79 Å². The number of anilines is 1. The van der Waals surface area contributed by atoms with Gasteiger partial charge in [-0.1, -0.05) is 24.3 Å². The van der Waals surface area contributed by atoms with E-state index in [2.05, 4.69) is 0 Å². The lowest BCUT2D eigenvalue weighted by Gasteiger charge is -2.20. The number of halogens is 1. The third-order valence-electron chi connectivity index (χ3n) is 4.36. The molecule has 2 aromatic carbocycles. The van der Waals surface area contributed by atoms with Gasteiger partial charge in [0.15, 0.2) is 9.84 Å². The van der Waals surface area contributed by atoms with Crippen molar-refractivity contribution >= 4 is 21.4 Å². The fourth-order valence-corrected chi connectivity index (χ4v) is 3.87. The van der Waals surface area contributed by atoms with Crippen molar-refractivity contribution < 1.29 is 17.6 Å². The van der Waals surface area contributed by atoms with E-state index in [4.69, 9.17) is 0 Å². The van der Waals surface area contributed by atoms with Crippen LogP contribution in [0.2, 0.25) is 0 Å². The molecule has 0 heterocycles. The molecule has 3 rings (SSSR count). The van der Waals surface area contributed by atoms with E-state index in [-0.39, 0.29) is 28.5 Å². The monoisotopic (exact) mass is 347 g/mol. The molecule has 1 aliphatic carbocycles. The molecule has 0 bridgehead atoms. The number of benzene rings is 2. The fraction of sp³-hybridized carbons (Fsp3) is 0.278. The molecule has 126 valence electrons. The number of amides is 1. The quantitative estimate of drug-likeness (QED) is 0.854. The molecule has 1 saturated carbocycles. The Morgan fingerprint density at radius 2 is 1.75 bits per heavy atom. The minimum Gasteiger partial charge on any atom is -0.314 e. The lowest BCUT2D eigenvalue weighted by molar-refractivity contribution is -0.119. The van der Waals surface area contributed by atoms with E-state index >= 15 is 0 Å². The maximum atomic E-state index is 13.0. The zero-order valence-corrected chi connectivity index (χ0v) is 14.3. The highest BCUT2D eigenvalue weighted by molar-refractivity contribution is 7.90. The van der Waals surface area contributed by atoms with E-state index in [0.717, 1.165) is 11.8 Å². The van der Waals surface area contributed by atoms with Crippen LogP contribution in [-0.4, -0.2) is 27.6 Å². The van der Waals surface area contributed by atoms with Crippen LogP contribution >= 0.6 is 0 Å². The Balaban J connectivity index is 1.81. The molecular weight excluding hydrogens is 329 g/mol. The van der Waals surface area contributed by atoms with Crippen molar-refractivity contribution in [1.29, 1.82) is 0 Å². The van der Waals surface area contributed by atoms with Gasteiger partial charge < -0.3 is 4.90 Å². The maximum Gasteiger partial charge on any atom is 0.230 e. The average Bonchev–Trinajstić information content (AvgIpc) is 3.34. The van der Waals surface area contributed by atoms with Crippen molar-refractivity contribution in [3.8, 4) is 0 Å². The van der Waals surface area contributed by atoms with Gasteiger partial charge in [0.2, 0.25) is 5.91 Å². The lowest BCUT2D eigenvalue weighted by Crippen LogP contribution is -2.29. The highest BCUT2D eigenvalue weighted by Crippen LogP contribution is 2.48. The number of sulfone groups is 1. The molecule has 24 heavy (non-hydrogen) atoms. The highest BCUT2D eigenvalue weighted by atomic mass is 32.2. The number of carbonyl (C=O) groups excluding carboxylic acids is 1. The topological polar surface area (TPSA) is 54.5 Å². The first kappa shape index (κ1) is 16.6. The summed E-state index contributed by atoms with van der Waals surface area (Å²) in [4.78, 5) is 14.2. The van der Waals surface area contributed by atoms with E-state index in [1.807, 2.05) is 0 Å². The van der Waals surface area contributed by atoms with Crippen LogP contribution in [0.4, 0.5) is 10.1 Å². The van der Waals surface area contributed by atoms with Crippen LogP contribution in [-0.2, 0) is 14.6 Å². The smallest absolute Gasteiger partial charge is 0.230 e. The van der Waals surface area contributed by atoms with E-state index < -0.39 is 9.84 Å². The first-order valence-electron chi connectivity index (χ1n) is 7.61. The second-order valence-corrected chi connectivity index (χ2v) is 8.12. The highest BCUT2D eigenvalue weighted by Gasteiger charge is 2.45. The number of hydrogen-bond acceptors (Lipinski definition) is 3. The van der Waals surface area contributed by atoms with Crippen LogP contribution in [0.5, 0.6) is 0 Å². The standard InChI is InChI=1S/C18H18FNO3S/c1-20(16-5-3-4-6-17(16)24(2,22)23)18(21)15-11-14(15)12-7-9-13(19)10-8-12/h3-10,14-15H,11H2,1-2H3/t14-,15-/m1/s1. The molecule has 0 saturated heterocycles. The van der Waals surface area contributed by atoms with Crippen molar-refractivity contribution in [3.63, 3.8) is 0 Å². The van der Waals surface area contributed by atoms with E-state index in [9.17, 15) is 17.6 Å². The number of carbonyl (C=O) groups is 1. The molecule has 1 fully saturated rings. The molecule has 0 unspecified atom stereocenters. The summed E-state index contributed by atoms with van der Waals surface area (Å²) in [6.07, 6.45) is 1.82. The molecule has 0 spiro atoms. The molecule has 4 nitrogen and oxygen atoms in total. The van der Waals surface area contributed by atoms with Crippen molar-refractivity contribution in [2.24, 2.45) is 5.92 Å². The Morgan fingerprint density at radius 1 is 1.12 bits per heavy atom. The molecular formula is C18H18FNO3S. The zero-order valence-electron chi connectivity index (χ0n) is 13.4. The van der Waals surface area contributed by atoms with Crippen LogP contribution in [0.25, 0.3) is 0 Å². The van der Waals surface area contributed by atoms with E-state index in [1.54, 1.807) is 37.4 Å². The minimum absolute atomic E-state index is 0.0611.